The molecule has 6 N–H and O–H groups in total. The molecule has 0 aliphatic carbocycles. The first-order chi connectivity index (χ1) is 34.7. The highest BCUT2D eigenvalue weighted by Crippen LogP contribution is 2.39. The number of aliphatic hydroxyl groups excluding tert-OH is 1. The Bertz CT molecular complexity index is 2800. The zero-order valence-electron chi connectivity index (χ0n) is 42.5. The van der Waals surface area contributed by atoms with Gasteiger partial charge in [0.05, 0.1) is 61.4 Å². The Labute approximate surface area is 427 Å². The number of nitrogens with one attached hydrogen (secondary N) is 4. The molecule has 2 atom stereocenters. The number of sulfonamides is 2. The van der Waals surface area contributed by atoms with Crippen molar-refractivity contribution in [2.24, 2.45) is 22.7 Å². The average molecular weight is 1060 g/mol. The van der Waals surface area contributed by atoms with Crippen molar-refractivity contribution in [2.75, 3.05) is 66.8 Å². The van der Waals surface area contributed by atoms with Crippen molar-refractivity contribution in [3.05, 3.63) is 93.6 Å². The topological polar surface area (TPSA) is 288 Å². The molecule has 8 rings (SSSR count). The Morgan fingerprint density at radius 2 is 1.10 bits per heavy atom. The van der Waals surface area contributed by atoms with Crippen LogP contribution in [0.4, 0.5) is 0 Å². The van der Waals surface area contributed by atoms with E-state index in [1.54, 1.807) is 0 Å². The van der Waals surface area contributed by atoms with E-state index in [0.717, 1.165) is 86.5 Å². The van der Waals surface area contributed by atoms with E-state index in [1.807, 2.05) is 37.1 Å². The van der Waals surface area contributed by atoms with Crippen molar-refractivity contribution >= 4 is 43.8 Å². The fourth-order valence-corrected chi connectivity index (χ4v) is 10.9. The number of benzene rings is 2. The number of nitrogens with zero attached hydrogens (tertiary/aromatic N) is 4. The number of aliphatic hydroxyl groups is 1. The number of esters is 1. The number of amides is 2. The van der Waals surface area contributed by atoms with Gasteiger partial charge in [-0.05, 0) is 131 Å². The second kappa shape index (κ2) is 24.6. The van der Waals surface area contributed by atoms with Crippen molar-refractivity contribution in [1.29, 1.82) is 0 Å². The molecule has 2 aromatic carbocycles. The monoisotopic (exact) mass is 1050 g/mol. The summed E-state index contributed by atoms with van der Waals surface area (Å²) < 4.78 is 71.1. The van der Waals surface area contributed by atoms with Crippen LogP contribution in [0.15, 0.2) is 58.3 Å². The number of carboxylic acids is 1. The normalized spacial score (nSPS) is 18.0. The smallest absolute Gasteiger partial charge is 0.338 e. The van der Waals surface area contributed by atoms with Crippen molar-refractivity contribution in [2.45, 2.75) is 102 Å². The van der Waals surface area contributed by atoms with Gasteiger partial charge in [-0.15, -0.1) is 0 Å². The summed E-state index contributed by atoms with van der Waals surface area (Å²) in [6.45, 7) is 13.7. The van der Waals surface area contributed by atoms with Gasteiger partial charge in [0.15, 0.2) is 0 Å². The highest BCUT2D eigenvalue weighted by molar-refractivity contribution is 7.89. The molecular formula is C50H70N8O13S2. The minimum Gasteiger partial charge on any atom is -0.478 e. The number of hydrogen-bond acceptors (Lipinski definition) is 14. The van der Waals surface area contributed by atoms with Crippen molar-refractivity contribution < 1.29 is 60.4 Å². The van der Waals surface area contributed by atoms with E-state index in [0.29, 0.717) is 51.4 Å². The number of carbonyl (C=O) groups excluding carboxylic acids is 3. The van der Waals surface area contributed by atoms with Gasteiger partial charge in [-0.2, -0.15) is 10.2 Å². The summed E-state index contributed by atoms with van der Waals surface area (Å²) in [7, 11) is -4.43. The van der Waals surface area contributed by atoms with E-state index in [9.17, 15) is 41.1 Å². The zero-order valence-corrected chi connectivity index (χ0v) is 44.1. The molecule has 2 spiro atoms. The molecule has 21 nitrogen and oxygen atoms in total. The van der Waals surface area contributed by atoms with E-state index in [4.69, 9.17) is 24.4 Å². The van der Waals surface area contributed by atoms with Gasteiger partial charge in [0, 0.05) is 65.1 Å². The van der Waals surface area contributed by atoms with Crippen molar-refractivity contribution in [1.82, 2.24) is 39.6 Å². The average Bonchev–Trinajstić information content (AvgIpc) is 3.82. The molecule has 2 fully saturated rings. The summed E-state index contributed by atoms with van der Waals surface area (Å²) in [4.78, 5) is 48.7. The van der Waals surface area contributed by atoms with E-state index in [2.05, 4.69) is 25.2 Å². The molecule has 4 aliphatic heterocycles. The lowest BCUT2D eigenvalue weighted by molar-refractivity contribution is 0.0150. The zero-order chi connectivity index (χ0) is 53.1. The number of carboxylic acid groups (broad SMARTS) is 1. The molecule has 4 aliphatic rings. The third-order valence-corrected chi connectivity index (χ3v) is 16.8. The van der Waals surface area contributed by atoms with Crippen LogP contribution in [0.25, 0.3) is 0 Å². The number of ether oxygens (including phenoxy) is 3. The Balaban J connectivity index is 0.000000200. The van der Waals surface area contributed by atoms with Gasteiger partial charge in [0.1, 0.15) is 0 Å². The molecule has 23 heteroatoms. The lowest BCUT2D eigenvalue weighted by atomic mass is 9.76. The lowest BCUT2D eigenvalue weighted by Gasteiger charge is -2.36. The summed E-state index contributed by atoms with van der Waals surface area (Å²) in [5.74, 6) is -1.60. The summed E-state index contributed by atoms with van der Waals surface area (Å²) in [5.41, 5.74) is 5.45. The maximum atomic E-state index is 13.0. The second-order valence-electron chi connectivity index (χ2n) is 19.3. The Morgan fingerprint density at radius 1 is 0.699 bits per heavy atom. The number of fused-ring (bicyclic) bond motifs is 2. The van der Waals surface area contributed by atoms with E-state index < -0.39 is 32.0 Å². The van der Waals surface area contributed by atoms with Crippen molar-refractivity contribution in [3.8, 4) is 0 Å². The van der Waals surface area contributed by atoms with Crippen LogP contribution in [-0.4, -0.2) is 137 Å². The van der Waals surface area contributed by atoms with Gasteiger partial charge >= 0.3 is 11.9 Å². The van der Waals surface area contributed by atoms with E-state index in [1.165, 1.54) is 62.6 Å². The van der Waals surface area contributed by atoms with Gasteiger partial charge in [-0.1, -0.05) is 27.7 Å². The summed E-state index contributed by atoms with van der Waals surface area (Å²) in [6, 6.07) is 10.6. The highest BCUT2D eigenvalue weighted by Gasteiger charge is 2.41. The number of hydrogen-bond donors (Lipinski definition) is 6. The lowest BCUT2D eigenvalue weighted by Crippen LogP contribution is -2.41. The fraction of sp³-hybridized carbons (Fsp3) is 0.560. The van der Waals surface area contributed by atoms with Crippen LogP contribution in [0, 0.1) is 22.7 Å². The molecule has 73 heavy (non-hydrogen) atoms. The van der Waals surface area contributed by atoms with Crippen LogP contribution in [0.5, 0.6) is 0 Å². The largest absolute Gasteiger partial charge is 0.478 e. The van der Waals surface area contributed by atoms with Crippen LogP contribution < -0.4 is 20.1 Å². The summed E-state index contributed by atoms with van der Waals surface area (Å²) in [6.07, 6.45) is 6.72. The molecule has 2 saturated heterocycles. The Hall–Kier alpha value is -5.56. The number of aromatic nitrogens is 4. The molecule has 0 unspecified atom stereocenters. The number of rotatable bonds is 15. The predicted octanol–water partition coefficient (Wildman–Crippen LogP) is 3.38. The van der Waals surface area contributed by atoms with Gasteiger partial charge in [0.2, 0.25) is 20.0 Å². The first-order valence-corrected chi connectivity index (χ1v) is 27.7. The van der Waals surface area contributed by atoms with Crippen LogP contribution >= 0.6 is 0 Å². The van der Waals surface area contributed by atoms with Crippen LogP contribution in [0.2, 0.25) is 0 Å². The minimum absolute atomic E-state index is 0.00289. The van der Waals surface area contributed by atoms with Gasteiger partial charge < -0.3 is 35.1 Å². The van der Waals surface area contributed by atoms with Crippen LogP contribution in [-0.2, 0) is 73.0 Å². The number of aromatic carboxylic acids is 1. The molecule has 400 valence electrons. The molecule has 6 heterocycles. The first-order valence-electron chi connectivity index (χ1n) is 24.7. The quantitative estimate of drug-likeness (QED) is 0.0931. The molecule has 2 aromatic heterocycles. The fourth-order valence-electron chi connectivity index (χ4n) is 9.43. The predicted molar refractivity (Wildman–Crippen MR) is 268 cm³/mol. The summed E-state index contributed by atoms with van der Waals surface area (Å²) in [5, 5.41) is 33.6. The number of aryl methyl sites for hydroxylation is 2. The first kappa shape index (κ1) is 56.7. The van der Waals surface area contributed by atoms with Crippen molar-refractivity contribution in [3.63, 3.8) is 0 Å². The van der Waals surface area contributed by atoms with Crippen LogP contribution in [0.3, 0.4) is 0 Å². The molecule has 0 radical (unpaired) electrons. The standard InChI is InChI=1S/C25H34N4O6S.C17H27N3O3.C8H9NO4S/c1-4-20-22-21(13-25(16-27-23(22)30)9-11-34-12-10-25)29(28-20)14-17(2)15-35-24(31)18-5-7-19(8-6-18)36(32,33)26-3;1-3-13-15-14(20(19-13)9-12(2)10-21)8-17(11-18-16(15)22)4-6-23-7-5-17;1-9-14(12,13)7-4-2-6(3-5-7)8(10)11/h5-8,17,26H,4,9-16H2,1-3H3,(H,27,30);12,21H,3-11H2,1-2H3,(H,18,22);2-5,9H,1H3,(H,10,11)/t17-;12-;/m11./s1. The molecule has 4 aromatic rings. The van der Waals surface area contributed by atoms with Gasteiger partial charge in [0.25, 0.3) is 11.8 Å². The second-order valence-corrected chi connectivity index (χ2v) is 23.1. The van der Waals surface area contributed by atoms with Gasteiger partial charge in [-0.25, -0.2) is 35.9 Å². The SMILES string of the molecule is CCc1nn(C[C@@H](C)CO)c2c1C(=O)NCC1(CCOCC1)C2.CCc1nn(C[C@@H](C)COC(=O)c2ccc(S(=O)(=O)NC)cc2)c2c1C(=O)NCC1(CCOCC1)C2.CNS(=O)(=O)c1ccc(C(=O)O)cc1. The Kier molecular flexibility index (Phi) is 19.2. The maximum Gasteiger partial charge on any atom is 0.338 e. The highest BCUT2D eigenvalue weighted by atomic mass is 32.2. The third-order valence-electron chi connectivity index (χ3n) is 14.0. The maximum absolute atomic E-state index is 13.0. The van der Waals surface area contributed by atoms with E-state index in [-0.39, 0.29) is 68.6 Å². The number of carbonyl (C=O) groups is 4. The molecule has 2 amide bonds. The molecule has 0 saturated carbocycles. The van der Waals surface area contributed by atoms with Gasteiger partial charge in [-0.3, -0.25) is 19.0 Å². The Morgan fingerprint density at radius 3 is 1.47 bits per heavy atom. The third kappa shape index (κ3) is 13.8. The summed E-state index contributed by atoms with van der Waals surface area (Å²) >= 11 is 0. The molecule has 0 bridgehead atoms. The van der Waals surface area contributed by atoms with Crippen LogP contribution in [0.1, 0.15) is 118 Å². The minimum atomic E-state index is -3.57. The van der Waals surface area contributed by atoms with E-state index >= 15 is 0 Å². The molecular weight excluding hydrogens is 985 g/mol.